The number of carbonyl (C=O) groups is 2. The first-order valence-corrected chi connectivity index (χ1v) is 5.40. The number of carboxylic acids is 1. The third kappa shape index (κ3) is 4.48. The van der Waals surface area contributed by atoms with Gasteiger partial charge < -0.3 is 20.1 Å². The minimum Gasteiger partial charge on any atom is -0.481 e. The molecule has 1 saturated heterocycles. The van der Waals surface area contributed by atoms with Gasteiger partial charge in [0.1, 0.15) is 0 Å². The van der Waals surface area contributed by atoms with Crippen molar-refractivity contribution in [1.82, 2.24) is 10.2 Å². The van der Waals surface area contributed by atoms with Crippen molar-refractivity contribution in [3.05, 3.63) is 0 Å². The molecule has 0 unspecified atom stereocenters. The van der Waals surface area contributed by atoms with Crippen molar-refractivity contribution in [2.24, 2.45) is 0 Å². The van der Waals surface area contributed by atoms with Crippen molar-refractivity contribution >= 4 is 12.0 Å². The fraction of sp³-hybridized carbons (Fsp3) is 0.800. The van der Waals surface area contributed by atoms with E-state index in [0.29, 0.717) is 13.2 Å². The molecule has 0 spiro atoms. The highest BCUT2D eigenvalue weighted by Gasteiger charge is 2.18. The van der Waals surface area contributed by atoms with Crippen molar-refractivity contribution in [3.63, 3.8) is 0 Å². The van der Waals surface area contributed by atoms with Crippen LogP contribution in [0.5, 0.6) is 0 Å². The molecular weight excluding hydrogens is 212 g/mol. The summed E-state index contributed by atoms with van der Waals surface area (Å²) < 4.78 is 5.18. The molecule has 0 aromatic heterocycles. The minimum atomic E-state index is -0.897. The number of rotatable bonds is 4. The van der Waals surface area contributed by atoms with Crippen LogP contribution in [-0.4, -0.2) is 54.9 Å². The number of hydrogen-bond donors (Lipinski definition) is 2. The maximum Gasteiger partial charge on any atom is 0.317 e. The summed E-state index contributed by atoms with van der Waals surface area (Å²) >= 11 is 0. The summed E-state index contributed by atoms with van der Waals surface area (Å²) in [4.78, 5) is 23.3. The first-order valence-electron chi connectivity index (χ1n) is 5.40. The molecule has 0 saturated carbocycles. The maximum atomic E-state index is 11.6. The van der Waals surface area contributed by atoms with Gasteiger partial charge in [-0.2, -0.15) is 0 Å². The standard InChI is InChI=1S/C10H18N2O4/c1-12(5-2-9(13)14)10(15)11-8-3-6-16-7-4-8/h8H,2-7H2,1H3,(H,11,15)(H,13,14). The van der Waals surface area contributed by atoms with Gasteiger partial charge in [0.25, 0.3) is 0 Å². The third-order valence-corrected chi connectivity index (χ3v) is 2.56. The van der Waals surface area contributed by atoms with Crippen LogP contribution >= 0.6 is 0 Å². The van der Waals surface area contributed by atoms with Gasteiger partial charge in [0.2, 0.25) is 0 Å². The van der Waals surface area contributed by atoms with Crippen LogP contribution in [0.1, 0.15) is 19.3 Å². The topological polar surface area (TPSA) is 78.9 Å². The lowest BCUT2D eigenvalue weighted by atomic mass is 10.1. The maximum absolute atomic E-state index is 11.6. The molecule has 0 radical (unpaired) electrons. The Hall–Kier alpha value is -1.30. The number of carbonyl (C=O) groups excluding carboxylic acids is 1. The molecular formula is C10H18N2O4. The third-order valence-electron chi connectivity index (χ3n) is 2.56. The van der Waals surface area contributed by atoms with Gasteiger partial charge in [-0.25, -0.2) is 4.79 Å². The average Bonchev–Trinajstić information content (AvgIpc) is 2.27. The molecule has 16 heavy (non-hydrogen) atoms. The summed E-state index contributed by atoms with van der Waals surface area (Å²) in [6.07, 6.45) is 1.61. The average molecular weight is 230 g/mol. The quantitative estimate of drug-likeness (QED) is 0.727. The monoisotopic (exact) mass is 230 g/mol. The van der Waals surface area contributed by atoms with Gasteiger partial charge in [-0.1, -0.05) is 0 Å². The molecule has 1 aliphatic rings. The molecule has 0 atom stereocenters. The molecule has 0 aromatic rings. The van der Waals surface area contributed by atoms with Crippen molar-refractivity contribution in [3.8, 4) is 0 Å². The number of nitrogens with one attached hydrogen (secondary N) is 1. The van der Waals surface area contributed by atoms with E-state index >= 15 is 0 Å². The van der Waals surface area contributed by atoms with E-state index in [2.05, 4.69) is 5.32 Å². The van der Waals surface area contributed by atoms with Crippen LogP contribution in [0, 0.1) is 0 Å². The SMILES string of the molecule is CN(CCC(=O)O)C(=O)NC1CCOCC1. The molecule has 2 N–H and O–H groups in total. The summed E-state index contributed by atoms with van der Waals surface area (Å²) in [7, 11) is 1.59. The molecule has 0 bridgehead atoms. The molecule has 1 rings (SSSR count). The highest BCUT2D eigenvalue weighted by Crippen LogP contribution is 2.06. The predicted molar refractivity (Wildman–Crippen MR) is 57.3 cm³/mol. The number of amides is 2. The lowest BCUT2D eigenvalue weighted by molar-refractivity contribution is -0.137. The van der Waals surface area contributed by atoms with Crippen LogP contribution in [0.3, 0.4) is 0 Å². The highest BCUT2D eigenvalue weighted by atomic mass is 16.5. The summed E-state index contributed by atoms with van der Waals surface area (Å²) in [5, 5.41) is 11.3. The first-order chi connectivity index (χ1) is 7.59. The summed E-state index contributed by atoms with van der Waals surface area (Å²) in [6, 6.07) is -0.0679. The van der Waals surface area contributed by atoms with Gasteiger partial charge in [-0.15, -0.1) is 0 Å². The van der Waals surface area contributed by atoms with E-state index in [4.69, 9.17) is 9.84 Å². The fourth-order valence-electron chi connectivity index (χ4n) is 1.49. The van der Waals surface area contributed by atoms with Crippen molar-refractivity contribution in [1.29, 1.82) is 0 Å². The Morgan fingerprint density at radius 2 is 2.06 bits per heavy atom. The number of ether oxygens (including phenoxy) is 1. The zero-order chi connectivity index (χ0) is 12.0. The normalized spacial score (nSPS) is 16.8. The Bertz CT molecular complexity index is 251. The van der Waals surface area contributed by atoms with Crippen LogP contribution in [0.25, 0.3) is 0 Å². The first kappa shape index (κ1) is 12.8. The summed E-state index contributed by atoms with van der Waals surface area (Å²) in [5.41, 5.74) is 0. The van der Waals surface area contributed by atoms with Crippen LogP contribution in [0.15, 0.2) is 0 Å². The minimum absolute atomic E-state index is 0.0301. The molecule has 6 nitrogen and oxygen atoms in total. The molecule has 6 heteroatoms. The smallest absolute Gasteiger partial charge is 0.317 e. The Morgan fingerprint density at radius 1 is 1.44 bits per heavy atom. The number of carboxylic acid groups (broad SMARTS) is 1. The van der Waals surface area contributed by atoms with Crippen molar-refractivity contribution < 1.29 is 19.4 Å². The van der Waals surface area contributed by atoms with Gasteiger partial charge in [0.05, 0.1) is 6.42 Å². The Kier molecular flexibility index (Phi) is 5.04. The zero-order valence-corrected chi connectivity index (χ0v) is 9.44. The van der Waals surface area contributed by atoms with Crippen LogP contribution in [0.4, 0.5) is 4.79 Å². The second-order valence-corrected chi connectivity index (χ2v) is 3.90. The van der Waals surface area contributed by atoms with E-state index in [0.717, 1.165) is 12.8 Å². The molecule has 92 valence electrons. The molecule has 1 aliphatic heterocycles. The highest BCUT2D eigenvalue weighted by molar-refractivity contribution is 5.75. The van der Waals surface area contributed by atoms with E-state index < -0.39 is 5.97 Å². The Balaban J connectivity index is 2.24. The van der Waals surface area contributed by atoms with E-state index in [1.807, 2.05) is 0 Å². The van der Waals surface area contributed by atoms with Gasteiger partial charge in [0, 0.05) is 32.8 Å². The van der Waals surface area contributed by atoms with Gasteiger partial charge >= 0.3 is 12.0 Å². The largest absolute Gasteiger partial charge is 0.481 e. The Labute approximate surface area is 94.6 Å². The molecule has 2 amide bonds. The number of nitrogens with zero attached hydrogens (tertiary/aromatic N) is 1. The number of hydrogen-bond acceptors (Lipinski definition) is 3. The van der Waals surface area contributed by atoms with Crippen LogP contribution < -0.4 is 5.32 Å². The summed E-state index contributed by atoms with van der Waals surface area (Å²) in [5.74, 6) is -0.897. The lowest BCUT2D eigenvalue weighted by Gasteiger charge is -2.26. The predicted octanol–water partition coefficient (Wildman–Crippen LogP) is 0.281. The molecule has 1 heterocycles. The van der Waals surface area contributed by atoms with E-state index in [1.165, 1.54) is 4.90 Å². The van der Waals surface area contributed by atoms with E-state index in [1.54, 1.807) is 7.05 Å². The molecule has 0 aliphatic carbocycles. The molecule has 0 aromatic carbocycles. The van der Waals surface area contributed by atoms with Gasteiger partial charge in [-0.05, 0) is 12.8 Å². The number of aliphatic carboxylic acids is 1. The van der Waals surface area contributed by atoms with Crippen molar-refractivity contribution in [2.75, 3.05) is 26.8 Å². The second kappa shape index (κ2) is 6.32. The second-order valence-electron chi connectivity index (χ2n) is 3.90. The zero-order valence-electron chi connectivity index (χ0n) is 9.44. The molecule has 1 fully saturated rings. The van der Waals surface area contributed by atoms with Crippen LogP contribution in [-0.2, 0) is 9.53 Å². The van der Waals surface area contributed by atoms with E-state index in [9.17, 15) is 9.59 Å². The Morgan fingerprint density at radius 3 is 2.62 bits per heavy atom. The van der Waals surface area contributed by atoms with Gasteiger partial charge in [0.15, 0.2) is 0 Å². The van der Waals surface area contributed by atoms with Gasteiger partial charge in [-0.3, -0.25) is 4.79 Å². The lowest BCUT2D eigenvalue weighted by Crippen LogP contribution is -2.45. The fourth-order valence-corrected chi connectivity index (χ4v) is 1.49. The number of urea groups is 1. The summed E-state index contributed by atoms with van der Waals surface area (Å²) in [6.45, 7) is 1.57. The van der Waals surface area contributed by atoms with Crippen molar-refractivity contribution in [2.45, 2.75) is 25.3 Å². The van der Waals surface area contributed by atoms with E-state index in [-0.39, 0.29) is 25.0 Å². The van der Waals surface area contributed by atoms with Crippen LogP contribution in [0.2, 0.25) is 0 Å².